The number of nitrogens with zero attached hydrogens (tertiary/aromatic N) is 2. The maximum Gasteiger partial charge on any atom is 0.328 e. The number of para-hydroxylation sites is 3. The molecule has 0 aliphatic carbocycles. The number of carbonyl (C=O) groups excluding carboxylic acids is 1. The molecule has 0 saturated carbocycles. The fourth-order valence-corrected chi connectivity index (χ4v) is 2.07. The van der Waals surface area contributed by atoms with Crippen molar-refractivity contribution in [2.24, 2.45) is 0 Å². The Balaban J connectivity index is 0.000000242. The smallest absolute Gasteiger partial charge is 0.328 e. The van der Waals surface area contributed by atoms with E-state index in [1.165, 1.54) is 0 Å². The molecule has 0 atom stereocenters. The Hall–Kier alpha value is -3.61. The van der Waals surface area contributed by atoms with Crippen LogP contribution in [0.3, 0.4) is 0 Å². The standard InChI is InChI=1S/C14H10N2O.C4H4O4/c1-9(17)10-5-4-8-13-14(10)16-12-7-3-2-6-11(12)15-13;5-3(6)1-2-4(7)8/h2-8H,1H3;1-2H,(H,5,6)(H,7,8)/b;2-1-. The summed E-state index contributed by atoms with van der Waals surface area (Å²) in [6.45, 7) is 1.55. The molecule has 1 aromatic heterocycles. The zero-order valence-electron chi connectivity index (χ0n) is 13.2. The van der Waals surface area contributed by atoms with E-state index in [4.69, 9.17) is 10.2 Å². The highest BCUT2D eigenvalue weighted by Crippen LogP contribution is 2.19. The zero-order chi connectivity index (χ0) is 18.4. The third-order valence-electron chi connectivity index (χ3n) is 3.12. The van der Waals surface area contributed by atoms with Crippen molar-refractivity contribution in [3.05, 3.63) is 60.2 Å². The summed E-state index contributed by atoms with van der Waals surface area (Å²) >= 11 is 0. The van der Waals surface area contributed by atoms with Gasteiger partial charge in [-0.05, 0) is 31.2 Å². The maximum absolute atomic E-state index is 11.5. The second kappa shape index (κ2) is 7.78. The van der Waals surface area contributed by atoms with E-state index in [1.807, 2.05) is 36.4 Å². The molecule has 2 aromatic carbocycles. The van der Waals surface area contributed by atoms with Crippen LogP contribution in [0.4, 0.5) is 0 Å². The lowest BCUT2D eigenvalue weighted by molar-refractivity contribution is -0.134. The minimum atomic E-state index is -1.26. The Labute approximate surface area is 142 Å². The molecule has 0 fully saturated rings. The molecule has 0 amide bonds. The van der Waals surface area contributed by atoms with Gasteiger partial charge >= 0.3 is 11.9 Å². The van der Waals surface area contributed by atoms with Gasteiger partial charge in [-0.25, -0.2) is 19.6 Å². The minimum Gasteiger partial charge on any atom is -0.478 e. The molecule has 0 bridgehead atoms. The van der Waals surface area contributed by atoms with Crippen LogP contribution in [0, 0.1) is 0 Å². The fourth-order valence-electron chi connectivity index (χ4n) is 2.07. The second-order valence-corrected chi connectivity index (χ2v) is 4.95. The number of rotatable bonds is 3. The number of carbonyl (C=O) groups is 3. The lowest BCUT2D eigenvalue weighted by Gasteiger charge is -2.03. The number of carboxylic acids is 2. The molecule has 2 N–H and O–H groups in total. The van der Waals surface area contributed by atoms with Crippen molar-refractivity contribution in [2.45, 2.75) is 6.92 Å². The number of hydrogen-bond acceptors (Lipinski definition) is 5. The molecule has 0 spiro atoms. The number of aliphatic carboxylic acids is 2. The van der Waals surface area contributed by atoms with E-state index >= 15 is 0 Å². The van der Waals surface area contributed by atoms with E-state index < -0.39 is 11.9 Å². The molecular weight excluding hydrogens is 324 g/mol. The molecule has 3 rings (SSSR count). The molecular formula is C18H14N2O5. The summed E-state index contributed by atoms with van der Waals surface area (Å²) in [5, 5.41) is 15.6. The molecule has 7 heteroatoms. The summed E-state index contributed by atoms with van der Waals surface area (Å²) < 4.78 is 0. The molecule has 3 aromatic rings. The van der Waals surface area contributed by atoms with Crippen LogP contribution in [-0.2, 0) is 9.59 Å². The fraction of sp³-hybridized carbons (Fsp3) is 0.0556. The van der Waals surface area contributed by atoms with Gasteiger partial charge in [0.25, 0.3) is 0 Å². The van der Waals surface area contributed by atoms with Crippen LogP contribution in [0.15, 0.2) is 54.6 Å². The van der Waals surface area contributed by atoms with Crippen molar-refractivity contribution in [3.8, 4) is 0 Å². The summed E-state index contributed by atoms with van der Waals surface area (Å²) in [6, 6.07) is 13.2. The Morgan fingerprint density at radius 1 is 0.800 bits per heavy atom. The van der Waals surface area contributed by atoms with Crippen molar-refractivity contribution in [2.75, 3.05) is 0 Å². The molecule has 0 unspecified atom stereocenters. The van der Waals surface area contributed by atoms with Gasteiger partial charge < -0.3 is 10.2 Å². The third-order valence-corrected chi connectivity index (χ3v) is 3.12. The molecule has 126 valence electrons. The van der Waals surface area contributed by atoms with Crippen LogP contribution in [0.25, 0.3) is 22.1 Å². The minimum absolute atomic E-state index is 0.0141. The highest BCUT2D eigenvalue weighted by molar-refractivity contribution is 6.05. The Bertz CT molecular complexity index is 979. The first-order valence-corrected chi connectivity index (χ1v) is 7.19. The summed E-state index contributed by atoms with van der Waals surface area (Å²) in [7, 11) is 0. The number of aromatic nitrogens is 2. The van der Waals surface area contributed by atoms with E-state index in [0.717, 1.165) is 16.6 Å². The topological polar surface area (TPSA) is 117 Å². The van der Waals surface area contributed by atoms with Crippen LogP contribution in [-0.4, -0.2) is 37.9 Å². The van der Waals surface area contributed by atoms with Crippen molar-refractivity contribution in [3.63, 3.8) is 0 Å². The number of Topliss-reactive ketones (excluding diaryl/α,β-unsaturated/α-hetero) is 1. The van der Waals surface area contributed by atoms with Gasteiger partial charge in [-0.15, -0.1) is 0 Å². The van der Waals surface area contributed by atoms with E-state index in [1.54, 1.807) is 13.0 Å². The van der Waals surface area contributed by atoms with E-state index in [9.17, 15) is 14.4 Å². The first-order chi connectivity index (χ1) is 11.9. The molecule has 0 aliphatic heterocycles. The first kappa shape index (κ1) is 17.7. The van der Waals surface area contributed by atoms with Gasteiger partial charge in [0.1, 0.15) is 5.52 Å². The van der Waals surface area contributed by atoms with Crippen molar-refractivity contribution >= 4 is 39.8 Å². The maximum atomic E-state index is 11.5. The van der Waals surface area contributed by atoms with Crippen LogP contribution >= 0.6 is 0 Å². The SMILES string of the molecule is CC(=O)c1cccc2nc3ccccc3nc12.O=C(O)/C=C\C(=O)O. The summed E-state index contributed by atoms with van der Waals surface area (Å²) in [6.07, 6.45) is 1.12. The molecule has 0 radical (unpaired) electrons. The zero-order valence-corrected chi connectivity index (χ0v) is 13.2. The lowest BCUT2D eigenvalue weighted by Crippen LogP contribution is -1.97. The monoisotopic (exact) mass is 338 g/mol. The Morgan fingerprint density at radius 2 is 1.32 bits per heavy atom. The molecule has 0 aliphatic rings. The quantitative estimate of drug-likeness (QED) is 0.428. The predicted octanol–water partition coefficient (Wildman–Crippen LogP) is 2.70. The Kier molecular flexibility index (Phi) is 5.52. The average molecular weight is 338 g/mol. The number of ketones is 1. The Morgan fingerprint density at radius 3 is 1.84 bits per heavy atom. The van der Waals surface area contributed by atoms with E-state index in [2.05, 4.69) is 9.97 Å². The van der Waals surface area contributed by atoms with E-state index in [-0.39, 0.29) is 5.78 Å². The number of fused-ring (bicyclic) bond motifs is 2. The van der Waals surface area contributed by atoms with Gasteiger partial charge in [-0.3, -0.25) is 4.79 Å². The molecule has 1 heterocycles. The summed E-state index contributed by atoms with van der Waals surface area (Å²) in [4.78, 5) is 39.7. The van der Waals surface area contributed by atoms with Crippen molar-refractivity contribution < 1.29 is 24.6 Å². The first-order valence-electron chi connectivity index (χ1n) is 7.19. The van der Waals surface area contributed by atoms with Gasteiger partial charge in [0.15, 0.2) is 5.78 Å². The summed E-state index contributed by atoms with van der Waals surface area (Å²) in [5.41, 5.74) is 3.73. The highest BCUT2D eigenvalue weighted by Gasteiger charge is 2.08. The van der Waals surface area contributed by atoms with Crippen LogP contribution in [0.2, 0.25) is 0 Å². The normalized spacial score (nSPS) is 10.4. The highest BCUT2D eigenvalue weighted by atomic mass is 16.4. The van der Waals surface area contributed by atoms with Gasteiger partial charge in [-0.1, -0.05) is 18.2 Å². The van der Waals surface area contributed by atoms with Crippen LogP contribution < -0.4 is 0 Å². The molecule has 0 saturated heterocycles. The predicted molar refractivity (Wildman–Crippen MR) is 91.5 cm³/mol. The van der Waals surface area contributed by atoms with Crippen LogP contribution in [0.5, 0.6) is 0 Å². The van der Waals surface area contributed by atoms with Gasteiger partial charge in [0.2, 0.25) is 0 Å². The largest absolute Gasteiger partial charge is 0.478 e. The van der Waals surface area contributed by atoms with Gasteiger partial charge in [0, 0.05) is 17.7 Å². The van der Waals surface area contributed by atoms with Gasteiger partial charge in [0.05, 0.1) is 16.6 Å². The van der Waals surface area contributed by atoms with Gasteiger partial charge in [-0.2, -0.15) is 0 Å². The second-order valence-electron chi connectivity index (χ2n) is 4.95. The third kappa shape index (κ3) is 4.68. The molecule has 7 nitrogen and oxygen atoms in total. The molecule has 25 heavy (non-hydrogen) atoms. The van der Waals surface area contributed by atoms with Crippen LogP contribution in [0.1, 0.15) is 17.3 Å². The number of carboxylic acid groups (broad SMARTS) is 2. The number of hydrogen-bond donors (Lipinski definition) is 2. The van der Waals surface area contributed by atoms with E-state index in [0.29, 0.717) is 23.2 Å². The lowest BCUT2D eigenvalue weighted by atomic mass is 10.1. The van der Waals surface area contributed by atoms with Crippen molar-refractivity contribution in [1.29, 1.82) is 0 Å². The summed E-state index contributed by atoms with van der Waals surface area (Å²) in [5.74, 6) is -2.50. The average Bonchev–Trinajstić information content (AvgIpc) is 2.58. The number of benzene rings is 2. The van der Waals surface area contributed by atoms with Crippen molar-refractivity contribution in [1.82, 2.24) is 9.97 Å².